The number of imidazole rings is 1. The van der Waals surface area contributed by atoms with Gasteiger partial charge in [-0.1, -0.05) is 43.5 Å². The Morgan fingerprint density at radius 1 is 1.07 bits per heavy atom. The molecule has 6 nitrogen and oxygen atoms in total. The van der Waals surface area contributed by atoms with Crippen LogP contribution in [0.25, 0.3) is 0 Å². The predicted octanol–water partition coefficient (Wildman–Crippen LogP) is 3.52. The maximum absolute atomic E-state index is 12.9. The maximum atomic E-state index is 12.9. The zero-order valence-corrected chi connectivity index (χ0v) is 17.2. The molecule has 2 N–H and O–H groups in total. The number of nitrogens with zero attached hydrogens (tertiary/aromatic N) is 2. The lowest BCUT2D eigenvalue weighted by Gasteiger charge is -2.23. The number of rotatable bonds is 5. The average molecular weight is 395 g/mol. The number of hydrogen-bond acceptors (Lipinski definition) is 3. The van der Waals surface area contributed by atoms with Gasteiger partial charge < -0.3 is 15.2 Å². The van der Waals surface area contributed by atoms with E-state index in [-0.39, 0.29) is 17.9 Å². The minimum Gasteiger partial charge on any atom is -0.347 e. The Labute approximate surface area is 172 Å². The standard InChI is InChI=1S/C23H30N4O2/c1-16-9-5-6-10-17(16)15-24-22(28)20-19-13-7-8-14-27(19)21(26-20)23(29)25-18-11-3-2-4-12-18/h5-6,9-10,18H,2-4,7-8,11-15H2,1H3,(H,24,28)(H,25,29). The van der Waals surface area contributed by atoms with Crippen molar-refractivity contribution in [1.29, 1.82) is 0 Å². The Bertz CT molecular complexity index is 896. The highest BCUT2D eigenvalue weighted by molar-refractivity contribution is 5.97. The maximum Gasteiger partial charge on any atom is 0.287 e. The summed E-state index contributed by atoms with van der Waals surface area (Å²) in [6.45, 7) is 3.25. The molecule has 2 amide bonds. The largest absolute Gasteiger partial charge is 0.347 e. The fraction of sp³-hybridized carbons (Fsp3) is 0.522. The second kappa shape index (κ2) is 8.80. The van der Waals surface area contributed by atoms with Crippen molar-refractivity contribution in [2.45, 2.75) is 77.4 Å². The third kappa shape index (κ3) is 4.36. The third-order valence-corrected chi connectivity index (χ3v) is 6.18. The zero-order chi connectivity index (χ0) is 20.2. The van der Waals surface area contributed by atoms with Crippen molar-refractivity contribution in [2.24, 2.45) is 0 Å². The highest BCUT2D eigenvalue weighted by Gasteiger charge is 2.28. The first kappa shape index (κ1) is 19.7. The summed E-state index contributed by atoms with van der Waals surface area (Å²) in [5.41, 5.74) is 3.54. The number of aryl methyl sites for hydroxylation is 1. The molecule has 0 radical (unpaired) electrons. The number of amides is 2. The first-order valence-corrected chi connectivity index (χ1v) is 10.9. The summed E-state index contributed by atoms with van der Waals surface area (Å²) in [7, 11) is 0. The number of aromatic nitrogens is 2. The van der Waals surface area contributed by atoms with E-state index >= 15 is 0 Å². The molecule has 154 valence electrons. The molecule has 0 spiro atoms. The van der Waals surface area contributed by atoms with E-state index < -0.39 is 0 Å². The van der Waals surface area contributed by atoms with Crippen LogP contribution in [0.3, 0.4) is 0 Å². The van der Waals surface area contributed by atoms with Crippen LogP contribution in [-0.2, 0) is 19.5 Å². The van der Waals surface area contributed by atoms with Crippen LogP contribution < -0.4 is 10.6 Å². The van der Waals surface area contributed by atoms with Crippen molar-refractivity contribution in [3.8, 4) is 0 Å². The molecule has 29 heavy (non-hydrogen) atoms. The average Bonchev–Trinajstić information content (AvgIpc) is 3.14. The van der Waals surface area contributed by atoms with E-state index in [1.165, 1.54) is 6.42 Å². The molecule has 0 unspecified atom stereocenters. The monoisotopic (exact) mass is 394 g/mol. The summed E-state index contributed by atoms with van der Waals surface area (Å²) in [4.78, 5) is 30.4. The fourth-order valence-corrected chi connectivity index (χ4v) is 4.46. The van der Waals surface area contributed by atoms with Gasteiger partial charge in [0.2, 0.25) is 0 Å². The first-order chi connectivity index (χ1) is 14.1. The molecular weight excluding hydrogens is 364 g/mol. The van der Waals surface area contributed by atoms with E-state index in [9.17, 15) is 9.59 Å². The summed E-state index contributed by atoms with van der Waals surface area (Å²) in [5, 5.41) is 6.14. The first-order valence-electron chi connectivity index (χ1n) is 10.9. The van der Waals surface area contributed by atoms with Crippen molar-refractivity contribution >= 4 is 11.8 Å². The Balaban J connectivity index is 1.51. The van der Waals surface area contributed by atoms with Crippen molar-refractivity contribution in [3.63, 3.8) is 0 Å². The van der Waals surface area contributed by atoms with Gasteiger partial charge in [0.1, 0.15) is 5.69 Å². The molecule has 0 saturated heterocycles. The Hall–Kier alpha value is -2.63. The summed E-state index contributed by atoms with van der Waals surface area (Å²) in [6.07, 6.45) is 8.46. The predicted molar refractivity (Wildman–Crippen MR) is 112 cm³/mol. The van der Waals surface area contributed by atoms with Crippen LogP contribution >= 0.6 is 0 Å². The van der Waals surface area contributed by atoms with Crippen LogP contribution in [0.1, 0.15) is 82.9 Å². The molecule has 0 bridgehead atoms. The van der Waals surface area contributed by atoms with Gasteiger partial charge >= 0.3 is 0 Å². The fourth-order valence-electron chi connectivity index (χ4n) is 4.46. The smallest absolute Gasteiger partial charge is 0.287 e. The van der Waals surface area contributed by atoms with E-state index in [0.717, 1.165) is 68.3 Å². The third-order valence-electron chi connectivity index (χ3n) is 6.18. The van der Waals surface area contributed by atoms with Gasteiger partial charge in [-0.15, -0.1) is 0 Å². The van der Waals surface area contributed by atoms with E-state index in [2.05, 4.69) is 15.6 Å². The molecule has 2 aliphatic rings. The van der Waals surface area contributed by atoms with Gasteiger partial charge in [-0.2, -0.15) is 0 Å². The number of benzene rings is 1. The van der Waals surface area contributed by atoms with Crippen molar-refractivity contribution in [1.82, 2.24) is 20.2 Å². The molecule has 1 saturated carbocycles. The Morgan fingerprint density at radius 3 is 2.66 bits per heavy atom. The lowest BCUT2D eigenvalue weighted by atomic mass is 9.95. The Morgan fingerprint density at radius 2 is 1.86 bits per heavy atom. The second-order valence-corrected chi connectivity index (χ2v) is 8.26. The summed E-state index contributed by atoms with van der Waals surface area (Å²) >= 11 is 0. The van der Waals surface area contributed by atoms with Crippen molar-refractivity contribution in [3.05, 3.63) is 52.6 Å². The van der Waals surface area contributed by atoms with Crippen LogP contribution in [-0.4, -0.2) is 27.4 Å². The number of carbonyl (C=O) groups is 2. The minimum atomic E-state index is -0.199. The highest BCUT2D eigenvalue weighted by Crippen LogP contribution is 2.23. The SMILES string of the molecule is Cc1ccccc1CNC(=O)c1nc(C(=O)NC2CCCCC2)n2c1CCCC2. The van der Waals surface area contributed by atoms with E-state index in [0.29, 0.717) is 18.1 Å². The molecule has 1 fully saturated rings. The van der Waals surface area contributed by atoms with Crippen LogP contribution in [0, 0.1) is 6.92 Å². The molecule has 1 aliphatic heterocycles. The van der Waals surface area contributed by atoms with Gasteiger partial charge in [0.25, 0.3) is 11.8 Å². The lowest BCUT2D eigenvalue weighted by molar-refractivity contribution is 0.0911. The van der Waals surface area contributed by atoms with E-state index in [1.54, 1.807) is 0 Å². The van der Waals surface area contributed by atoms with Crippen molar-refractivity contribution < 1.29 is 9.59 Å². The molecule has 2 aromatic rings. The topological polar surface area (TPSA) is 76.0 Å². The summed E-state index contributed by atoms with van der Waals surface area (Å²) < 4.78 is 1.96. The number of nitrogens with one attached hydrogen (secondary N) is 2. The molecule has 4 rings (SSSR count). The number of fused-ring (bicyclic) bond motifs is 1. The van der Waals surface area contributed by atoms with Gasteiger partial charge in [-0.25, -0.2) is 4.98 Å². The van der Waals surface area contributed by atoms with Gasteiger partial charge in [0, 0.05) is 19.1 Å². The minimum absolute atomic E-state index is 0.141. The van der Waals surface area contributed by atoms with E-state index in [1.807, 2.05) is 35.8 Å². The molecule has 6 heteroatoms. The van der Waals surface area contributed by atoms with Crippen LogP contribution in [0.5, 0.6) is 0 Å². The molecule has 2 heterocycles. The molecular formula is C23H30N4O2. The zero-order valence-electron chi connectivity index (χ0n) is 17.2. The van der Waals surface area contributed by atoms with Crippen LogP contribution in [0.2, 0.25) is 0 Å². The Kier molecular flexibility index (Phi) is 5.97. The van der Waals surface area contributed by atoms with E-state index in [4.69, 9.17) is 0 Å². The summed E-state index contributed by atoms with van der Waals surface area (Å²) in [5.74, 6) is 0.0555. The van der Waals surface area contributed by atoms with Gasteiger partial charge in [-0.05, 0) is 50.2 Å². The summed E-state index contributed by atoms with van der Waals surface area (Å²) in [6, 6.07) is 8.24. The molecule has 0 atom stereocenters. The lowest BCUT2D eigenvalue weighted by Crippen LogP contribution is -2.37. The van der Waals surface area contributed by atoms with Gasteiger partial charge in [0.15, 0.2) is 5.82 Å². The molecule has 1 aromatic carbocycles. The molecule has 1 aliphatic carbocycles. The highest BCUT2D eigenvalue weighted by atomic mass is 16.2. The van der Waals surface area contributed by atoms with Crippen LogP contribution in [0.4, 0.5) is 0 Å². The quantitative estimate of drug-likeness (QED) is 0.815. The van der Waals surface area contributed by atoms with Crippen molar-refractivity contribution in [2.75, 3.05) is 0 Å². The number of hydrogen-bond donors (Lipinski definition) is 2. The van der Waals surface area contributed by atoms with Crippen LogP contribution in [0.15, 0.2) is 24.3 Å². The van der Waals surface area contributed by atoms with Gasteiger partial charge in [-0.3, -0.25) is 9.59 Å². The molecule has 1 aromatic heterocycles. The second-order valence-electron chi connectivity index (χ2n) is 8.26. The van der Waals surface area contributed by atoms with Gasteiger partial charge in [0.05, 0.1) is 5.69 Å². The normalized spacial score (nSPS) is 16.9. The number of carbonyl (C=O) groups excluding carboxylic acids is 2.